The standard InChI is InChI=1S/C13H22N2/c1-2-3-4-5-6-7-11-10-12(14)8-9-13(11)15/h8-10H,2-7,14-15H2,1H3. The lowest BCUT2D eigenvalue weighted by Gasteiger charge is -2.06. The Morgan fingerprint density at radius 3 is 2.47 bits per heavy atom. The maximum absolute atomic E-state index is 5.87. The number of aryl methyl sites for hydroxylation is 1. The summed E-state index contributed by atoms with van der Waals surface area (Å²) in [6, 6.07) is 5.75. The third-order valence-electron chi connectivity index (χ3n) is 2.72. The molecule has 2 nitrogen and oxygen atoms in total. The molecule has 0 aliphatic rings. The Kier molecular flexibility index (Phi) is 5.02. The minimum Gasteiger partial charge on any atom is -0.399 e. The number of anilines is 2. The van der Waals surface area contributed by atoms with E-state index in [9.17, 15) is 0 Å². The van der Waals surface area contributed by atoms with Crippen molar-refractivity contribution in [1.29, 1.82) is 0 Å². The molecule has 0 fully saturated rings. The van der Waals surface area contributed by atoms with Crippen molar-refractivity contribution in [3.05, 3.63) is 23.8 Å². The van der Waals surface area contributed by atoms with E-state index >= 15 is 0 Å². The fourth-order valence-corrected chi connectivity index (χ4v) is 1.76. The molecule has 0 amide bonds. The molecule has 4 N–H and O–H groups in total. The van der Waals surface area contributed by atoms with E-state index in [4.69, 9.17) is 11.5 Å². The molecule has 1 aromatic carbocycles. The number of rotatable bonds is 6. The fourth-order valence-electron chi connectivity index (χ4n) is 1.76. The van der Waals surface area contributed by atoms with Gasteiger partial charge < -0.3 is 11.5 Å². The van der Waals surface area contributed by atoms with Crippen molar-refractivity contribution in [2.75, 3.05) is 11.5 Å². The summed E-state index contributed by atoms with van der Waals surface area (Å²) >= 11 is 0. The molecular weight excluding hydrogens is 184 g/mol. The summed E-state index contributed by atoms with van der Waals surface area (Å²) in [6.07, 6.45) is 7.53. The van der Waals surface area contributed by atoms with E-state index in [0.29, 0.717) is 0 Å². The first-order valence-electron chi connectivity index (χ1n) is 5.88. The van der Waals surface area contributed by atoms with Crippen LogP contribution in [0.25, 0.3) is 0 Å². The molecule has 0 saturated carbocycles. The second-order valence-electron chi connectivity index (χ2n) is 4.12. The first kappa shape index (κ1) is 11.9. The minimum atomic E-state index is 0.813. The van der Waals surface area contributed by atoms with Crippen LogP contribution in [0.4, 0.5) is 11.4 Å². The number of nitrogen functional groups attached to an aromatic ring is 2. The van der Waals surface area contributed by atoms with Gasteiger partial charge >= 0.3 is 0 Å². The summed E-state index contributed by atoms with van der Waals surface area (Å²) in [5, 5.41) is 0. The molecule has 84 valence electrons. The largest absolute Gasteiger partial charge is 0.399 e. The van der Waals surface area contributed by atoms with Crippen LogP contribution in [-0.4, -0.2) is 0 Å². The van der Waals surface area contributed by atoms with E-state index in [1.807, 2.05) is 18.2 Å². The lowest BCUT2D eigenvalue weighted by molar-refractivity contribution is 0.632. The zero-order valence-electron chi connectivity index (χ0n) is 9.63. The molecule has 0 aliphatic heterocycles. The van der Waals surface area contributed by atoms with Crippen LogP contribution in [0.15, 0.2) is 18.2 Å². The Balaban J connectivity index is 2.33. The van der Waals surface area contributed by atoms with Crippen LogP contribution in [0.2, 0.25) is 0 Å². The van der Waals surface area contributed by atoms with Crippen LogP contribution in [0.1, 0.15) is 44.6 Å². The third kappa shape index (κ3) is 4.24. The summed E-state index contributed by atoms with van der Waals surface area (Å²) in [4.78, 5) is 0. The molecule has 1 aromatic rings. The predicted octanol–water partition coefficient (Wildman–Crippen LogP) is 3.36. The molecule has 0 bridgehead atoms. The molecule has 0 radical (unpaired) electrons. The first-order chi connectivity index (χ1) is 7.24. The van der Waals surface area contributed by atoms with Crippen LogP contribution in [-0.2, 0) is 6.42 Å². The van der Waals surface area contributed by atoms with Gasteiger partial charge in [-0.05, 0) is 36.6 Å². The van der Waals surface area contributed by atoms with Crippen LogP contribution in [0.3, 0.4) is 0 Å². The van der Waals surface area contributed by atoms with Crippen LogP contribution >= 0.6 is 0 Å². The van der Waals surface area contributed by atoms with Gasteiger partial charge in [-0.1, -0.05) is 32.6 Å². The van der Waals surface area contributed by atoms with E-state index < -0.39 is 0 Å². The molecule has 0 aliphatic carbocycles. The van der Waals surface area contributed by atoms with E-state index in [-0.39, 0.29) is 0 Å². The summed E-state index contributed by atoms with van der Waals surface area (Å²) < 4.78 is 0. The quantitative estimate of drug-likeness (QED) is 0.554. The molecule has 0 aromatic heterocycles. The number of nitrogens with two attached hydrogens (primary N) is 2. The topological polar surface area (TPSA) is 52.0 Å². The highest BCUT2D eigenvalue weighted by molar-refractivity contribution is 5.55. The average Bonchev–Trinajstić information content (AvgIpc) is 2.23. The van der Waals surface area contributed by atoms with Gasteiger partial charge in [0.25, 0.3) is 0 Å². The number of hydrogen-bond acceptors (Lipinski definition) is 2. The summed E-state index contributed by atoms with van der Waals surface area (Å²) in [6.45, 7) is 2.23. The Morgan fingerprint density at radius 2 is 1.73 bits per heavy atom. The van der Waals surface area contributed by atoms with Crippen molar-refractivity contribution in [3.63, 3.8) is 0 Å². The summed E-state index contributed by atoms with van der Waals surface area (Å²) in [7, 11) is 0. The van der Waals surface area contributed by atoms with Crippen molar-refractivity contribution in [3.8, 4) is 0 Å². The predicted molar refractivity (Wildman–Crippen MR) is 67.7 cm³/mol. The molecular formula is C13H22N2. The lowest BCUT2D eigenvalue weighted by atomic mass is 10.0. The first-order valence-corrected chi connectivity index (χ1v) is 5.88. The van der Waals surface area contributed by atoms with E-state index in [1.54, 1.807) is 0 Å². The highest BCUT2D eigenvalue weighted by atomic mass is 14.6. The Bertz CT molecular complexity index is 295. The Hall–Kier alpha value is -1.18. The monoisotopic (exact) mass is 206 g/mol. The van der Waals surface area contributed by atoms with Crippen molar-refractivity contribution in [1.82, 2.24) is 0 Å². The molecule has 1 rings (SSSR count). The van der Waals surface area contributed by atoms with Gasteiger partial charge in [0, 0.05) is 11.4 Å². The van der Waals surface area contributed by atoms with Crippen molar-refractivity contribution < 1.29 is 0 Å². The second kappa shape index (κ2) is 6.33. The van der Waals surface area contributed by atoms with Gasteiger partial charge in [0.05, 0.1) is 0 Å². The molecule has 0 spiro atoms. The van der Waals surface area contributed by atoms with Crippen LogP contribution in [0, 0.1) is 0 Å². The minimum absolute atomic E-state index is 0.813. The number of benzene rings is 1. The summed E-state index contributed by atoms with van der Waals surface area (Å²) in [5.74, 6) is 0. The zero-order chi connectivity index (χ0) is 11.1. The molecule has 15 heavy (non-hydrogen) atoms. The summed E-state index contributed by atoms with van der Waals surface area (Å²) in [5.41, 5.74) is 14.5. The molecule has 0 heterocycles. The normalized spacial score (nSPS) is 10.5. The van der Waals surface area contributed by atoms with E-state index in [2.05, 4.69) is 6.92 Å². The maximum Gasteiger partial charge on any atom is 0.0348 e. The van der Waals surface area contributed by atoms with Crippen molar-refractivity contribution in [2.24, 2.45) is 0 Å². The van der Waals surface area contributed by atoms with Gasteiger partial charge in [0.2, 0.25) is 0 Å². The van der Waals surface area contributed by atoms with Gasteiger partial charge in [0.15, 0.2) is 0 Å². The lowest BCUT2D eigenvalue weighted by Crippen LogP contribution is -1.96. The SMILES string of the molecule is CCCCCCCc1cc(N)ccc1N. The highest BCUT2D eigenvalue weighted by Gasteiger charge is 1.99. The molecule has 0 unspecified atom stereocenters. The average molecular weight is 206 g/mol. The number of hydrogen-bond donors (Lipinski definition) is 2. The van der Waals surface area contributed by atoms with E-state index in [1.165, 1.54) is 37.7 Å². The van der Waals surface area contributed by atoms with E-state index in [0.717, 1.165) is 17.8 Å². The van der Waals surface area contributed by atoms with Crippen LogP contribution in [0.5, 0.6) is 0 Å². The maximum atomic E-state index is 5.87. The zero-order valence-corrected chi connectivity index (χ0v) is 9.63. The van der Waals surface area contributed by atoms with Crippen molar-refractivity contribution >= 4 is 11.4 Å². The second-order valence-corrected chi connectivity index (χ2v) is 4.12. The van der Waals surface area contributed by atoms with Gasteiger partial charge in [-0.2, -0.15) is 0 Å². The van der Waals surface area contributed by atoms with Gasteiger partial charge in [-0.25, -0.2) is 0 Å². The van der Waals surface area contributed by atoms with Gasteiger partial charge in [-0.3, -0.25) is 0 Å². The van der Waals surface area contributed by atoms with Gasteiger partial charge in [-0.15, -0.1) is 0 Å². The Labute approximate surface area is 92.7 Å². The molecule has 0 atom stereocenters. The molecule has 0 saturated heterocycles. The fraction of sp³-hybridized carbons (Fsp3) is 0.538. The number of unbranched alkanes of at least 4 members (excludes halogenated alkanes) is 4. The van der Waals surface area contributed by atoms with Crippen molar-refractivity contribution in [2.45, 2.75) is 45.4 Å². The smallest absolute Gasteiger partial charge is 0.0348 e. The third-order valence-corrected chi connectivity index (χ3v) is 2.72. The highest BCUT2D eigenvalue weighted by Crippen LogP contribution is 2.18. The van der Waals surface area contributed by atoms with Crippen LogP contribution < -0.4 is 11.5 Å². The molecule has 2 heteroatoms. The van der Waals surface area contributed by atoms with Gasteiger partial charge in [0.1, 0.15) is 0 Å². The Morgan fingerprint density at radius 1 is 1.00 bits per heavy atom.